The van der Waals surface area contributed by atoms with Crippen LogP contribution in [0.4, 0.5) is 0 Å². The highest BCUT2D eigenvalue weighted by molar-refractivity contribution is 8.03. The second kappa shape index (κ2) is 6.72. The molecule has 1 aliphatic carbocycles. The summed E-state index contributed by atoms with van der Waals surface area (Å²) in [6, 6.07) is 8.16. The molecule has 0 saturated carbocycles. The number of nitrogens with zero attached hydrogens (tertiary/aromatic N) is 1. The number of hydrogen-bond acceptors (Lipinski definition) is 4. The first-order chi connectivity index (χ1) is 11.1. The third-order valence-electron chi connectivity index (χ3n) is 4.26. The van der Waals surface area contributed by atoms with E-state index >= 15 is 0 Å². The molecule has 1 aromatic carbocycles. The van der Waals surface area contributed by atoms with Crippen molar-refractivity contribution in [1.82, 2.24) is 0 Å². The summed E-state index contributed by atoms with van der Waals surface area (Å²) >= 11 is 1.69. The highest BCUT2D eigenvalue weighted by Gasteiger charge is 2.37. The fourth-order valence-electron chi connectivity index (χ4n) is 2.90. The number of carbonyl (C=O) groups excluding carboxylic acids is 1. The van der Waals surface area contributed by atoms with Crippen LogP contribution in [0.2, 0.25) is 0 Å². The zero-order valence-corrected chi connectivity index (χ0v) is 13.9. The lowest BCUT2D eigenvalue weighted by molar-refractivity contribution is -0.125. The minimum absolute atomic E-state index is 0.293. The molecule has 120 valence electrons. The number of benzene rings is 1. The van der Waals surface area contributed by atoms with Crippen LogP contribution in [0.5, 0.6) is 0 Å². The smallest absolute Gasteiger partial charge is 0.227 e. The lowest BCUT2D eigenvalue weighted by Crippen LogP contribution is -2.37. The van der Waals surface area contributed by atoms with Gasteiger partial charge < -0.3 is 10.5 Å². The number of carbonyl (C=O) groups is 1. The molecule has 1 aliphatic heterocycles. The van der Waals surface area contributed by atoms with E-state index in [-0.39, 0.29) is 5.91 Å². The standard InChI is InChI=1S/C18H20N2O2S/c1-22-10-4-8-18(17(19)21)9-7-16-14(11-18)20-12-13-5-2-3-6-15(13)23-16/h2-3,5-7,11-12H,4,8-10H2,1H3,(H2,19,21). The first-order valence-electron chi connectivity index (χ1n) is 7.68. The van der Waals surface area contributed by atoms with Gasteiger partial charge in [-0.3, -0.25) is 9.79 Å². The van der Waals surface area contributed by atoms with Crippen molar-refractivity contribution in [3.05, 3.63) is 52.6 Å². The Morgan fingerprint density at radius 1 is 1.43 bits per heavy atom. The number of methoxy groups -OCH3 is 1. The number of fused-ring (bicyclic) bond motifs is 2. The molecule has 0 bridgehead atoms. The van der Waals surface area contributed by atoms with Gasteiger partial charge >= 0.3 is 0 Å². The molecule has 2 N–H and O–H groups in total. The summed E-state index contributed by atoms with van der Waals surface area (Å²) in [5.41, 5.74) is 6.99. The Kier molecular flexibility index (Phi) is 4.68. The number of nitrogens with two attached hydrogens (primary N) is 1. The summed E-state index contributed by atoms with van der Waals surface area (Å²) in [6.07, 6.45) is 8.00. The van der Waals surface area contributed by atoms with Gasteiger partial charge in [0, 0.05) is 35.3 Å². The zero-order valence-electron chi connectivity index (χ0n) is 13.1. The predicted octanol–water partition coefficient (Wildman–Crippen LogP) is 3.28. The first-order valence-corrected chi connectivity index (χ1v) is 8.49. The van der Waals surface area contributed by atoms with Gasteiger partial charge in [-0.05, 0) is 31.4 Å². The highest BCUT2D eigenvalue weighted by atomic mass is 32.2. The number of ether oxygens (including phenoxy) is 1. The molecule has 1 heterocycles. The normalized spacial score (nSPS) is 22.5. The molecule has 0 radical (unpaired) electrons. The van der Waals surface area contributed by atoms with Crippen molar-refractivity contribution in [3.63, 3.8) is 0 Å². The van der Waals surface area contributed by atoms with E-state index in [1.54, 1.807) is 18.9 Å². The second-order valence-corrected chi connectivity index (χ2v) is 6.90. The summed E-state index contributed by atoms with van der Waals surface area (Å²) in [7, 11) is 1.66. The Morgan fingerprint density at radius 3 is 3.04 bits per heavy atom. The maximum atomic E-state index is 12.1. The summed E-state index contributed by atoms with van der Waals surface area (Å²) < 4.78 is 5.10. The number of allylic oxidation sites excluding steroid dienone is 1. The average Bonchev–Trinajstić information content (AvgIpc) is 2.73. The first kappa shape index (κ1) is 16.0. The lowest BCUT2D eigenvalue weighted by Gasteiger charge is -2.30. The minimum Gasteiger partial charge on any atom is -0.385 e. The second-order valence-electron chi connectivity index (χ2n) is 5.82. The van der Waals surface area contributed by atoms with Crippen LogP contribution < -0.4 is 5.73 Å². The number of thioether (sulfide) groups is 1. The number of amides is 1. The van der Waals surface area contributed by atoms with Crippen molar-refractivity contribution < 1.29 is 9.53 Å². The van der Waals surface area contributed by atoms with Crippen molar-refractivity contribution in [2.45, 2.75) is 24.2 Å². The molecule has 1 amide bonds. The van der Waals surface area contributed by atoms with E-state index in [1.807, 2.05) is 30.5 Å². The van der Waals surface area contributed by atoms with Crippen LogP contribution >= 0.6 is 11.8 Å². The van der Waals surface area contributed by atoms with Crippen molar-refractivity contribution in [2.24, 2.45) is 16.1 Å². The van der Waals surface area contributed by atoms with E-state index in [0.717, 1.165) is 22.6 Å². The number of hydrogen-bond donors (Lipinski definition) is 1. The van der Waals surface area contributed by atoms with Gasteiger partial charge in [-0.15, -0.1) is 0 Å². The van der Waals surface area contributed by atoms with Crippen LogP contribution in [0, 0.1) is 5.41 Å². The summed E-state index contributed by atoms with van der Waals surface area (Å²) in [4.78, 5) is 19.0. The molecule has 23 heavy (non-hydrogen) atoms. The van der Waals surface area contributed by atoms with Crippen molar-refractivity contribution >= 4 is 23.9 Å². The van der Waals surface area contributed by atoms with E-state index in [2.05, 4.69) is 17.1 Å². The number of primary amides is 1. The molecule has 0 aromatic heterocycles. The zero-order chi connectivity index (χ0) is 16.3. The molecule has 4 nitrogen and oxygen atoms in total. The van der Waals surface area contributed by atoms with Crippen molar-refractivity contribution in [1.29, 1.82) is 0 Å². The summed E-state index contributed by atoms with van der Waals surface area (Å²) in [6.45, 7) is 0.623. The average molecular weight is 328 g/mol. The largest absolute Gasteiger partial charge is 0.385 e. The van der Waals surface area contributed by atoms with Gasteiger partial charge in [-0.25, -0.2) is 0 Å². The fraction of sp³-hybridized carbons (Fsp3) is 0.333. The molecule has 0 spiro atoms. The Labute approximate surface area is 140 Å². The topological polar surface area (TPSA) is 64.7 Å². The maximum absolute atomic E-state index is 12.1. The summed E-state index contributed by atoms with van der Waals surface area (Å²) in [5.74, 6) is -0.293. The van der Waals surface area contributed by atoms with Gasteiger partial charge in [-0.1, -0.05) is 36.0 Å². The van der Waals surface area contributed by atoms with Crippen LogP contribution in [-0.4, -0.2) is 25.8 Å². The van der Waals surface area contributed by atoms with E-state index in [9.17, 15) is 4.79 Å². The lowest BCUT2D eigenvalue weighted by atomic mass is 9.76. The molecule has 5 heteroatoms. The molecule has 2 aliphatic rings. The van der Waals surface area contributed by atoms with Gasteiger partial charge in [0.05, 0.1) is 11.1 Å². The number of rotatable bonds is 5. The fourth-order valence-corrected chi connectivity index (χ4v) is 3.91. The molecule has 1 aromatic rings. The van der Waals surface area contributed by atoms with Gasteiger partial charge in [0.25, 0.3) is 0 Å². The Balaban J connectivity index is 1.91. The quantitative estimate of drug-likeness (QED) is 0.844. The highest BCUT2D eigenvalue weighted by Crippen LogP contribution is 2.44. The van der Waals surface area contributed by atoms with Gasteiger partial charge in [0.2, 0.25) is 5.91 Å². The Hall–Kier alpha value is -1.85. The van der Waals surface area contributed by atoms with Crippen LogP contribution in [0.15, 0.2) is 56.9 Å². The third kappa shape index (κ3) is 3.26. The van der Waals surface area contributed by atoms with Gasteiger partial charge in [0.15, 0.2) is 0 Å². The molecular weight excluding hydrogens is 308 g/mol. The van der Waals surface area contributed by atoms with Gasteiger partial charge in [0.1, 0.15) is 0 Å². The predicted molar refractivity (Wildman–Crippen MR) is 93.4 cm³/mol. The van der Waals surface area contributed by atoms with Crippen molar-refractivity contribution in [3.8, 4) is 0 Å². The number of aliphatic imine (C=N–C) groups is 1. The van der Waals surface area contributed by atoms with E-state index in [1.165, 1.54) is 4.90 Å². The van der Waals surface area contributed by atoms with Gasteiger partial charge in [-0.2, -0.15) is 0 Å². The van der Waals surface area contributed by atoms with E-state index < -0.39 is 5.41 Å². The maximum Gasteiger partial charge on any atom is 0.227 e. The van der Waals surface area contributed by atoms with Crippen LogP contribution in [-0.2, 0) is 9.53 Å². The molecule has 1 atom stereocenters. The monoisotopic (exact) mass is 328 g/mol. The summed E-state index contributed by atoms with van der Waals surface area (Å²) in [5, 5.41) is 0. The van der Waals surface area contributed by atoms with Crippen LogP contribution in [0.3, 0.4) is 0 Å². The van der Waals surface area contributed by atoms with Crippen molar-refractivity contribution in [2.75, 3.05) is 13.7 Å². The molecule has 0 saturated heterocycles. The Bertz CT molecular complexity index is 709. The van der Waals surface area contributed by atoms with E-state index in [4.69, 9.17) is 10.5 Å². The molecule has 1 unspecified atom stereocenters. The molecular formula is C18H20N2O2S. The van der Waals surface area contributed by atoms with E-state index in [0.29, 0.717) is 19.4 Å². The van der Waals surface area contributed by atoms with Crippen LogP contribution in [0.1, 0.15) is 24.8 Å². The third-order valence-corrected chi connectivity index (χ3v) is 5.45. The van der Waals surface area contributed by atoms with Crippen LogP contribution in [0.25, 0.3) is 0 Å². The minimum atomic E-state index is -0.661. The molecule has 0 fully saturated rings. The molecule has 3 rings (SSSR count). The SMILES string of the molecule is COCCCC1(C(N)=O)C=C2N=Cc3ccccc3SC2=CC1. The Morgan fingerprint density at radius 2 is 2.26 bits per heavy atom.